The molecule has 3 unspecified atom stereocenters. The topological polar surface area (TPSA) is 29.3 Å². The standard InChI is InChI=1S/C19H32N2/c1-14(2)9-17-5-7-18(8-6-17)19(11-20)21-12-15(3)10-16(4)13-21/h5-8,14-16,19H,9-13,20H2,1-4H3. The Balaban J connectivity index is 2.09. The van der Waals surface area contributed by atoms with Crippen molar-refractivity contribution in [2.45, 2.75) is 46.6 Å². The molecule has 1 fully saturated rings. The summed E-state index contributed by atoms with van der Waals surface area (Å²) in [6, 6.07) is 9.53. The zero-order chi connectivity index (χ0) is 15.4. The molecule has 1 aromatic carbocycles. The minimum absolute atomic E-state index is 0.378. The molecule has 2 N–H and O–H groups in total. The molecule has 0 aliphatic carbocycles. The zero-order valence-corrected chi connectivity index (χ0v) is 14.2. The van der Waals surface area contributed by atoms with Gasteiger partial charge in [-0.05, 0) is 41.7 Å². The summed E-state index contributed by atoms with van der Waals surface area (Å²) in [5.74, 6) is 2.27. The van der Waals surface area contributed by atoms with Crippen LogP contribution in [0, 0.1) is 17.8 Å². The monoisotopic (exact) mass is 288 g/mol. The van der Waals surface area contributed by atoms with Gasteiger partial charge in [-0.15, -0.1) is 0 Å². The Kier molecular flexibility index (Phi) is 5.83. The molecule has 1 aliphatic heterocycles. The molecule has 21 heavy (non-hydrogen) atoms. The number of rotatable bonds is 5. The maximum Gasteiger partial charge on any atom is 0.0470 e. The highest BCUT2D eigenvalue weighted by Crippen LogP contribution is 2.29. The van der Waals surface area contributed by atoms with Crippen LogP contribution in [0.15, 0.2) is 24.3 Å². The second kappa shape index (κ2) is 7.42. The lowest BCUT2D eigenvalue weighted by Crippen LogP contribution is -2.43. The number of benzene rings is 1. The Bertz CT molecular complexity index is 414. The summed E-state index contributed by atoms with van der Waals surface area (Å²) < 4.78 is 0. The van der Waals surface area contributed by atoms with Gasteiger partial charge in [-0.25, -0.2) is 0 Å². The van der Waals surface area contributed by atoms with Gasteiger partial charge in [-0.1, -0.05) is 52.0 Å². The number of nitrogens with zero attached hydrogens (tertiary/aromatic N) is 1. The molecular weight excluding hydrogens is 256 g/mol. The van der Waals surface area contributed by atoms with Crippen LogP contribution in [0.4, 0.5) is 0 Å². The first-order valence-electron chi connectivity index (χ1n) is 8.52. The third-order valence-electron chi connectivity index (χ3n) is 4.57. The molecule has 0 saturated carbocycles. The maximum atomic E-state index is 6.10. The number of piperidine rings is 1. The van der Waals surface area contributed by atoms with Crippen LogP contribution in [0.25, 0.3) is 0 Å². The van der Waals surface area contributed by atoms with Crippen molar-refractivity contribution in [3.8, 4) is 0 Å². The quantitative estimate of drug-likeness (QED) is 0.891. The van der Waals surface area contributed by atoms with Crippen LogP contribution in [0.3, 0.4) is 0 Å². The van der Waals surface area contributed by atoms with Crippen molar-refractivity contribution >= 4 is 0 Å². The fourth-order valence-electron chi connectivity index (χ4n) is 3.81. The van der Waals surface area contributed by atoms with Crippen molar-refractivity contribution in [1.82, 2.24) is 4.90 Å². The van der Waals surface area contributed by atoms with E-state index in [4.69, 9.17) is 5.73 Å². The van der Waals surface area contributed by atoms with Gasteiger partial charge in [0.15, 0.2) is 0 Å². The van der Waals surface area contributed by atoms with E-state index in [-0.39, 0.29) is 0 Å². The first kappa shape index (κ1) is 16.5. The maximum absolute atomic E-state index is 6.10. The minimum atomic E-state index is 0.378. The number of hydrogen-bond donors (Lipinski definition) is 1. The van der Waals surface area contributed by atoms with Gasteiger partial charge in [0.2, 0.25) is 0 Å². The molecule has 2 heteroatoms. The first-order chi connectivity index (χ1) is 9.99. The van der Waals surface area contributed by atoms with Gasteiger partial charge < -0.3 is 5.73 Å². The highest BCUT2D eigenvalue weighted by Gasteiger charge is 2.27. The largest absolute Gasteiger partial charge is 0.329 e. The molecular formula is C19H32N2. The lowest BCUT2D eigenvalue weighted by molar-refractivity contribution is 0.0984. The average Bonchev–Trinajstić information content (AvgIpc) is 2.40. The van der Waals surface area contributed by atoms with Gasteiger partial charge in [0.1, 0.15) is 0 Å². The average molecular weight is 288 g/mol. The zero-order valence-electron chi connectivity index (χ0n) is 14.2. The molecule has 0 spiro atoms. The number of nitrogens with two attached hydrogens (primary N) is 1. The van der Waals surface area contributed by atoms with E-state index in [1.165, 1.54) is 30.6 Å². The molecule has 0 amide bonds. The Morgan fingerprint density at radius 1 is 1.10 bits per heavy atom. The van der Waals surface area contributed by atoms with Crippen LogP contribution in [0.2, 0.25) is 0 Å². The molecule has 0 aromatic heterocycles. The second-order valence-corrected chi connectivity index (χ2v) is 7.49. The Morgan fingerprint density at radius 3 is 2.14 bits per heavy atom. The van der Waals surface area contributed by atoms with Gasteiger partial charge in [-0.3, -0.25) is 4.90 Å². The third kappa shape index (κ3) is 4.55. The van der Waals surface area contributed by atoms with Gasteiger partial charge >= 0.3 is 0 Å². The van der Waals surface area contributed by atoms with Gasteiger partial charge in [0, 0.05) is 25.7 Å². The predicted molar refractivity (Wildman–Crippen MR) is 91.3 cm³/mol. The Morgan fingerprint density at radius 2 is 1.67 bits per heavy atom. The van der Waals surface area contributed by atoms with E-state index in [0.29, 0.717) is 18.5 Å². The predicted octanol–water partition coefficient (Wildman–Crippen LogP) is 3.86. The molecule has 2 nitrogen and oxygen atoms in total. The van der Waals surface area contributed by atoms with Crippen LogP contribution in [-0.2, 0) is 6.42 Å². The van der Waals surface area contributed by atoms with E-state index >= 15 is 0 Å². The van der Waals surface area contributed by atoms with E-state index in [0.717, 1.165) is 18.3 Å². The van der Waals surface area contributed by atoms with Crippen LogP contribution in [0.5, 0.6) is 0 Å². The van der Waals surface area contributed by atoms with Crippen molar-refractivity contribution in [3.05, 3.63) is 35.4 Å². The first-order valence-corrected chi connectivity index (χ1v) is 8.52. The smallest absolute Gasteiger partial charge is 0.0470 e. The summed E-state index contributed by atoms with van der Waals surface area (Å²) in [5, 5.41) is 0. The van der Waals surface area contributed by atoms with Crippen LogP contribution in [-0.4, -0.2) is 24.5 Å². The summed E-state index contributed by atoms with van der Waals surface area (Å²) in [6.45, 7) is 12.3. The van der Waals surface area contributed by atoms with E-state index in [2.05, 4.69) is 56.9 Å². The summed E-state index contributed by atoms with van der Waals surface area (Å²) >= 11 is 0. The summed E-state index contributed by atoms with van der Waals surface area (Å²) in [7, 11) is 0. The number of likely N-dealkylation sites (tertiary alicyclic amines) is 1. The summed E-state index contributed by atoms with van der Waals surface area (Å²) in [5.41, 5.74) is 8.92. The molecule has 1 heterocycles. The van der Waals surface area contributed by atoms with Crippen LogP contribution >= 0.6 is 0 Å². The van der Waals surface area contributed by atoms with Crippen molar-refractivity contribution in [2.24, 2.45) is 23.5 Å². The lowest BCUT2D eigenvalue weighted by atomic mass is 9.89. The molecule has 0 bridgehead atoms. The highest BCUT2D eigenvalue weighted by molar-refractivity contribution is 5.26. The van der Waals surface area contributed by atoms with Crippen LogP contribution in [0.1, 0.15) is 51.3 Å². The van der Waals surface area contributed by atoms with Gasteiger partial charge in [0.25, 0.3) is 0 Å². The molecule has 1 saturated heterocycles. The molecule has 0 radical (unpaired) electrons. The minimum Gasteiger partial charge on any atom is -0.329 e. The molecule has 2 rings (SSSR count). The highest BCUT2D eigenvalue weighted by atomic mass is 15.2. The normalized spacial score (nSPS) is 25.2. The summed E-state index contributed by atoms with van der Waals surface area (Å²) in [4.78, 5) is 2.59. The van der Waals surface area contributed by atoms with Crippen molar-refractivity contribution in [2.75, 3.05) is 19.6 Å². The van der Waals surface area contributed by atoms with E-state index < -0.39 is 0 Å². The van der Waals surface area contributed by atoms with Crippen molar-refractivity contribution < 1.29 is 0 Å². The molecule has 118 valence electrons. The lowest BCUT2D eigenvalue weighted by Gasteiger charge is -2.40. The fourth-order valence-corrected chi connectivity index (χ4v) is 3.81. The van der Waals surface area contributed by atoms with E-state index in [1.807, 2.05) is 0 Å². The van der Waals surface area contributed by atoms with Gasteiger partial charge in [0.05, 0.1) is 0 Å². The third-order valence-corrected chi connectivity index (χ3v) is 4.57. The Labute approximate surface area is 130 Å². The van der Waals surface area contributed by atoms with Gasteiger partial charge in [-0.2, -0.15) is 0 Å². The molecule has 3 atom stereocenters. The number of hydrogen-bond acceptors (Lipinski definition) is 2. The summed E-state index contributed by atoms with van der Waals surface area (Å²) in [6.07, 6.45) is 2.51. The Hall–Kier alpha value is -0.860. The van der Waals surface area contributed by atoms with E-state index in [9.17, 15) is 0 Å². The molecule has 1 aromatic rings. The fraction of sp³-hybridized carbons (Fsp3) is 0.684. The SMILES string of the molecule is CC(C)Cc1ccc(C(CN)N2CC(C)CC(C)C2)cc1. The second-order valence-electron chi connectivity index (χ2n) is 7.49. The van der Waals surface area contributed by atoms with Crippen LogP contribution < -0.4 is 5.73 Å². The van der Waals surface area contributed by atoms with Crippen molar-refractivity contribution in [3.63, 3.8) is 0 Å². The molecule has 1 aliphatic rings. The van der Waals surface area contributed by atoms with Crippen molar-refractivity contribution in [1.29, 1.82) is 0 Å². The van der Waals surface area contributed by atoms with E-state index in [1.54, 1.807) is 0 Å².